The molecule has 0 aliphatic carbocycles. The average molecular weight is 385 g/mol. The molecule has 0 radical (unpaired) electrons. The molecule has 26 heavy (non-hydrogen) atoms. The van der Waals surface area contributed by atoms with Gasteiger partial charge in [0.2, 0.25) is 5.91 Å². The largest absolute Gasteiger partial charge is 0.482 e. The number of nitro groups is 1. The van der Waals surface area contributed by atoms with Crippen LogP contribution in [0.2, 0.25) is 0 Å². The molecule has 10 heteroatoms. The highest BCUT2D eigenvalue weighted by molar-refractivity contribution is 6.02. The summed E-state index contributed by atoms with van der Waals surface area (Å²) in [7, 11) is 0. The van der Waals surface area contributed by atoms with E-state index in [9.17, 15) is 19.7 Å². The molecule has 1 fully saturated rings. The minimum atomic E-state index is -0.549. The molecule has 2 unspecified atom stereocenters. The number of non-ortho nitro benzene ring substituents is 1. The van der Waals surface area contributed by atoms with Crippen LogP contribution in [0.3, 0.4) is 0 Å². The summed E-state index contributed by atoms with van der Waals surface area (Å²) in [6, 6.07) is 4.17. The van der Waals surface area contributed by atoms with Crippen LogP contribution in [0.15, 0.2) is 18.2 Å². The minimum absolute atomic E-state index is 0. The van der Waals surface area contributed by atoms with Crippen LogP contribution >= 0.6 is 12.4 Å². The number of nitrogens with zero attached hydrogens (tertiary/aromatic N) is 2. The van der Waals surface area contributed by atoms with E-state index in [2.05, 4.69) is 10.6 Å². The molecule has 0 spiro atoms. The molecule has 2 aliphatic heterocycles. The SMILES string of the molecule is CC1NCCCC1NC(=O)CN1C(=O)COc2ccc([N+](=O)[O-])cc21.Cl. The Morgan fingerprint density at radius 1 is 1.50 bits per heavy atom. The zero-order chi connectivity index (χ0) is 18.0. The van der Waals surface area contributed by atoms with Crippen molar-refractivity contribution in [1.29, 1.82) is 0 Å². The first-order valence-corrected chi connectivity index (χ1v) is 8.20. The molecule has 1 aromatic carbocycles. The Labute approximate surface area is 156 Å². The number of piperidine rings is 1. The van der Waals surface area contributed by atoms with Gasteiger partial charge in [-0.15, -0.1) is 12.4 Å². The summed E-state index contributed by atoms with van der Waals surface area (Å²) in [4.78, 5) is 36.2. The van der Waals surface area contributed by atoms with Crippen molar-refractivity contribution in [2.45, 2.75) is 31.8 Å². The minimum Gasteiger partial charge on any atom is -0.482 e. The number of nitrogens with one attached hydrogen (secondary N) is 2. The fourth-order valence-electron chi connectivity index (χ4n) is 3.11. The van der Waals surface area contributed by atoms with Crippen molar-refractivity contribution in [3.8, 4) is 5.75 Å². The molecular weight excluding hydrogens is 364 g/mol. The van der Waals surface area contributed by atoms with Crippen LogP contribution in [0.1, 0.15) is 19.8 Å². The number of anilines is 1. The van der Waals surface area contributed by atoms with Crippen molar-refractivity contribution in [3.05, 3.63) is 28.3 Å². The molecule has 2 atom stereocenters. The van der Waals surface area contributed by atoms with Crippen molar-refractivity contribution >= 4 is 35.6 Å². The van der Waals surface area contributed by atoms with Gasteiger partial charge in [-0.1, -0.05) is 0 Å². The van der Waals surface area contributed by atoms with Gasteiger partial charge < -0.3 is 15.4 Å². The molecule has 1 aromatic rings. The number of fused-ring (bicyclic) bond motifs is 1. The van der Waals surface area contributed by atoms with Crippen LogP contribution in [0.4, 0.5) is 11.4 Å². The highest BCUT2D eigenvalue weighted by atomic mass is 35.5. The molecule has 1 saturated heterocycles. The third kappa shape index (κ3) is 4.23. The summed E-state index contributed by atoms with van der Waals surface area (Å²) in [5.74, 6) is -0.350. The molecule has 2 amide bonds. The van der Waals surface area contributed by atoms with Crippen molar-refractivity contribution in [2.75, 3.05) is 24.6 Å². The molecule has 2 aliphatic rings. The highest BCUT2D eigenvalue weighted by Gasteiger charge is 2.30. The Hall–Kier alpha value is -2.39. The number of rotatable bonds is 4. The van der Waals surface area contributed by atoms with Gasteiger partial charge in [-0.2, -0.15) is 0 Å². The second-order valence-corrected chi connectivity index (χ2v) is 6.24. The van der Waals surface area contributed by atoms with E-state index in [1.54, 1.807) is 0 Å². The Morgan fingerprint density at radius 2 is 2.27 bits per heavy atom. The number of carbonyl (C=O) groups is 2. The first-order chi connectivity index (χ1) is 12.0. The average Bonchev–Trinajstić information content (AvgIpc) is 2.59. The number of nitro benzene ring substituents is 1. The molecule has 2 N–H and O–H groups in total. The lowest BCUT2D eigenvalue weighted by molar-refractivity contribution is -0.384. The Kier molecular flexibility index (Phi) is 6.38. The van der Waals surface area contributed by atoms with Gasteiger partial charge in [0.1, 0.15) is 12.3 Å². The maximum absolute atomic E-state index is 12.4. The van der Waals surface area contributed by atoms with Gasteiger partial charge in [-0.05, 0) is 32.4 Å². The number of ether oxygens (including phenoxy) is 1. The number of amides is 2. The van der Waals surface area contributed by atoms with Gasteiger partial charge in [0, 0.05) is 24.2 Å². The van der Waals surface area contributed by atoms with E-state index in [4.69, 9.17) is 4.74 Å². The third-order valence-corrected chi connectivity index (χ3v) is 4.51. The second-order valence-electron chi connectivity index (χ2n) is 6.24. The summed E-state index contributed by atoms with van der Waals surface area (Å²) in [6.07, 6.45) is 1.85. The van der Waals surface area contributed by atoms with Gasteiger partial charge in [0.25, 0.3) is 11.6 Å². The first kappa shape index (κ1) is 19.9. The number of hydrogen-bond acceptors (Lipinski definition) is 6. The van der Waals surface area contributed by atoms with Gasteiger partial charge in [-0.3, -0.25) is 24.6 Å². The summed E-state index contributed by atoms with van der Waals surface area (Å²) < 4.78 is 5.29. The fraction of sp³-hybridized carbons (Fsp3) is 0.500. The van der Waals surface area contributed by atoms with Crippen molar-refractivity contribution in [3.63, 3.8) is 0 Å². The van der Waals surface area contributed by atoms with Gasteiger partial charge >= 0.3 is 0 Å². The van der Waals surface area contributed by atoms with E-state index in [1.807, 2.05) is 6.92 Å². The predicted octanol–water partition coefficient (Wildman–Crippen LogP) is 0.999. The summed E-state index contributed by atoms with van der Waals surface area (Å²) in [5, 5.41) is 17.2. The highest BCUT2D eigenvalue weighted by Crippen LogP contribution is 2.35. The van der Waals surface area contributed by atoms with E-state index in [0.29, 0.717) is 5.75 Å². The maximum atomic E-state index is 12.4. The standard InChI is InChI=1S/C16H20N4O5.ClH/c1-10-12(3-2-6-17-10)18-15(21)8-19-13-7-11(20(23)24)4-5-14(13)25-9-16(19)22;/h4-5,7,10,12,17H,2-3,6,8-9H2,1H3,(H,18,21);1H. The lowest BCUT2D eigenvalue weighted by Crippen LogP contribution is -2.54. The van der Waals surface area contributed by atoms with E-state index < -0.39 is 10.8 Å². The maximum Gasteiger partial charge on any atom is 0.271 e. The van der Waals surface area contributed by atoms with Crippen molar-refractivity contribution in [1.82, 2.24) is 10.6 Å². The molecular formula is C16H21ClN4O5. The molecule has 9 nitrogen and oxygen atoms in total. The Morgan fingerprint density at radius 3 is 2.96 bits per heavy atom. The van der Waals surface area contributed by atoms with E-state index in [-0.39, 0.29) is 54.9 Å². The smallest absolute Gasteiger partial charge is 0.271 e. The van der Waals surface area contributed by atoms with Crippen LogP contribution in [-0.2, 0) is 9.59 Å². The van der Waals surface area contributed by atoms with Crippen LogP contribution in [0.5, 0.6) is 5.75 Å². The van der Waals surface area contributed by atoms with Gasteiger partial charge in [0.05, 0.1) is 10.6 Å². The van der Waals surface area contributed by atoms with Crippen molar-refractivity contribution < 1.29 is 19.2 Å². The van der Waals surface area contributed by atoms with E-state index in [0.717, 1.165) is 19.4 Å². The fourth-order valence-corrected chi connectivity index (χ4v) is 3.11. The monoisotopic (exact) mass is 384 g/mol. The van der Waals surface area contributed by atoms with E-state index >= 15 is 0 Å². The van der Waals surface area contributed by atoms with E-state index in [1.165, 1.54) is 23.1 Å². The van der Waals surface area contributed by atoms with Gasteiger partial charge in [-0.25, -0.2) is 0 Å². The Bertz CT molecular complexity index is 714. The second kappa shape index (κ2) is 8.33. The number of hydrogen-bond donors (Lipinski definition) is 2. The molecule has 3 rings (SSSR count). The van der Waals surface area contributed by atoms with Crippen LogP contribution in [0, 0.1) is 10.1 Å². The Balaban J connectivity index is 0.00000243. The summed E-state index contributed by atoms with van der Waals surface area (Å²) in [5.41, 5.74) is 0.0861. The predicted molar refractivity (Wildman–Crippen MR) is 96.8 cm³/mol. The van der Waals surface area contributed by atoms with Crippen LogP contribution in [-0.4, -0.2) is 48.5 Å². The molecule has 142 valence electrons. The molecule has 0 saturated carbocycles. The number of carbonyl (C=O) groups excluding carboxylic acids is 2. The van der Waals surface area contributed by atoms with Crippen LogP contribution in [0.25, 0.3) is 0 Å². The number of benzene rings is 1. The molecule has 2 heterocycles. The lowest BCUT2D eigenvalue weighted by atomic mass is 10.00. The zero-order valence-electron chi connectivity index (χ0n) is 14.3. The first-order valence-electron chi connectivity index (χ1n) is 8.20. The quantitative estimate of drug-likeness (QED) is 0.591. The van der Waals surface area contributed by atoms with Crippen molar-refractivity contribution in [2.24, 2.45) is 0 Å². The number of halogens is 1. The molecule has 0 bridgehead atoms. The topological polar surface area (TPSA) is 114 Å². The lowest BCUT2D eigenvalue weighted by Gasteiger charge is -2.32. The summed E-state index contributed by atoms with van der Waals surface area (Å²) in [6.45, 7) is 2.54. The normalized spacial score (nSPS) is 21.9. The molecule has 0 aromatic heterocycles. The van der Waals surface area contributed by atoms with Crippen LogP contribution < -0.4 is 20.3 Å². The zero-order valence-corrected chi connectivity index (χ0v) is 15.1. The van der Waals surface area contributed by atoms with Gasteiger partial charge in [0.15, 0.2) is 6.61 Å². The summed E-state index contributed by atoms with van der Waals surface area (Å²) >= 11 is 0. The third-order valence-electron chi connectivity index (χ3n) is 4.51.